The van der Waals surface area contributed by atoms with E-state index < -0.39 is 5.91 Å². The van der Waals surface area contributed by atoms with Gasteiger partial charge in [0.05, 0.1) is 34.8 Å². The van der Waals surface area contributed by atoms with E-state index in [0.29, 0.717) is 22.9 Å². The first-order chi connectivity index (χ1) is 14.4. The van der Waals surface area contributed by atoms with E-state index in [4.69, 9.17) is 22.3 Å². The van der Waals surface area contributed by atoms with E-state index in [-0.39, 0.29) is 5.97 Å². The molecule has 158 valence electrons. The number of amides is 1. The van der Waals surface area contributed by atoms with E-state index in [0.717, 1.165) is 39.8 Å². The second-order valence-electron chi connectivity index (χ2n) is 6.61. The molecular weight excluding hydrogens is 442 g/mol. The topological polar surface area (TPSA) is 87.2 Å². The highest BCUT2D eigenvalue weighted by molar-refractivity contribution is 7.99. The Labute approximate surface area is 188 Å². The smallest absolute Gasteiger partial charge is 0.315 e. The molecular formula is C21H22ClN3O3S2. The summed E-state index contributed by atoms with van der Waals surface area (Å²) in [6, 6.07) is 9.41. The number of methoxy groups -OCH3 is 1. The lowest BCUT2D eigenvalue weighted by Gasteiger charge is -2.11. The number of hydrogen-bond acceptors (Lipinski definition) is 6. The Hall–Kier alpha value is -2.29. The second kappa shape index (κ2) is 10.1. The van der Waals surface area contributed by atoms with Crippen LogP contribution in [0.5, 0.6) is 0 Å². The number of thiazole rings is 1. The van der Waals surface area contributed by atoms with Gasteiger partial charge in [0.1, 0.15) is 0 Å². The number of benzene rings is 1. The van der Waals surface area contributed by atoms with E-state index in [9.17, 15) is 9.59 Å². The van der Waals surface area contributed by atoms with E-state index in [1.165, 1.54) is 18.9 Å². The number of carbonyl (C=O) groups excluding carboxylic acids is 2. The van der Waals surface area contributed by atoms with Crippen LogP contribution < -0.4 is 5.73 Å². The van der Waals surface area contributed by atoms with Crippen molar-refractivity contribution in [3.05, 3.63) is 62.6 Å². The van der Waals surface area contributed by atoms with Gasteiger partial charge in [0.25, 0.3) is 5.91 Å². The molecule has 30 heavy (non-hydrogen) atoms. The summed E-state index contributed by atoms with van der Waals surface area (Å²) in [5.74, 6) is 0.423. The maximum atomic E-state index is 11.9. The lowest BCUT2D eigenvalue weighted by Crippen LogP contribution is -2.12. The third-order valence-electron chi connectivity index (χ3n) is 4.61. The fraction of sp³-hybridized carbons (Fsp3) is 0.286. The molecule has 0 saturated carbocycles. The molecule has 2 aromatic heterocycles. The Morgan fingerprint density at radius 2 is 2.03 bits per heavy atom. The second-order valence-corrected chi connectivity index (χ2v) is 9.09. The molecule has 3 rings (SSSR count). The summed E-state index contributed by atoms with van der Waals surface area (Å²) in [6.07, 6.45) is 0.756. The van der Waals surface area contributed by atoms with Crippen molar-refractivity contribution in [2.24, 2.45) is 5.73 Å². The molecule has 0 aliphatic carbocycles. The Bertz CT molecular complexity index is 1040. The number of aryl methyl sites for hydroxylation is 1. The number of thioether (sulfide) groups is 1. The predicted octanol–water partition coefficient (Wildman–Crippen LogP) is 4.17. The van der Waals surface area contributed by atoms with Gasteiger partial charge in [0.2, 0.25) is 0 Å². The summed E-state index contributed by atoms with van der Waals surface area (Å²) in [5, 5.41) is 3.63. The minimum atomic E-state index is -0.460. The van der Waals surface area contributed by atoms with Crippen LogP contribution >= 0.6 is 34.7 Å². The standard InChI is InChI=1S/C21H22ClN3O3S2/c1-13-16(21(23)27)9-18(25(13)10-14-3-5-15(22)6-4-14)17-11-30-19(24-17)7-8-29-12-20(26)28-2/h3-6,9,11H,7-8,10,12H2,1-2H3,(H2,23,27). The summed E-state index contributed by atoms with van der Waals surface area (Å²) in [5.41, 5.74) is 9.58. The number of esters is 1. The van der Waals surface area contributed by atoms with Crippen molar-refractivity contribution in [1.29, 1.82) is 0 Å². The first kappa shape index (κ1) is 22.4. The normalized spacial score (nSPS) is 10.9. The number of rotatable bonds is 9. The summed E-state index contributed by atoms with van der Waals surface area (Å²) in [6.45, 7) is 2.46. The number of halogens is 1. The highest BCUT2D eigenvalue weighted by atomic mass is 35.5. The molecule has 1 amide bonds. The van der Waals surface area contributed by atoms with Crippen LogP contribution in [0, 0.1) is 6.92 Å². The zero-order valence-electron chi connectivity index (χ0n) is 16.7. The van der Waals surface area contributed by atoms with Gasteiger partial charge < -0.3 is 15.0 Å². The lowest BCUT2D eigenvalue weighted by molar-refractivity contribution is -0.137. The molecule has 0 aliphatic heterocycles. The SMILES string of the molecule is COC(=O)CSCCc1nc(-c2cc(C(N)=O)c(C)n2Cc2ccc(Cl)cc2)cs1. The van der Waals surface area contributed by atoms with E-state index in [2.05, 4.69) is 4.74 Å². The first-order valence-corrected chi connectivity index (χ1v) is 11.6. The molecule has 6 nitrogen and oxygen atoms in total. The van der Waals surface area contributed by atoms with Gasteiger partial charge >= 0.3 is 5.97 Å². The molecule has 0 aliphatic rings. The number of hydrogen-bond donors (Lipinski definition) is 1. The van der Waals surface area contributed by atoms with Crippen molar-refractivity contribution in [1.82, 2.24) is 9.55 Å². The van der Waals surface area contributed by atoms with Gasteiger partial charge in [-0.15, -0.1) is 23.1 Å². The predicted molar refractivity (Wildman–Crippen MR) is 122 cm³/mol. The maximum Gasteiger partial charge on any atom is 0.315 e. The van der Waals surface area contributed by atoms with Crippen molar-refractivity contribution in [3.63, 3.8) is 0 Å². The van der Waals surface area contributed by atoms with E-state index >= 15 is 0 Å². The first-order valence-electron chi connectivity index (χ1n) is 9.22. The maximum absolute atomic E-state index is 11.9. The van der Waals surface area contributed by atoms with Crippen molar-refractivity contribution in [3.8, 4) is 11.4 Å². The van der Waals surface area contributed by atoms with Crippen molar-refractivity contribution in [2.45, 2.75) is 19.9 Å². The molecule has 0 radical (unpaired) electrons. The number of nitrogens with zero attached hydrogens (tertiary/aromatic N) is 2. The van der Waals surface area contributed by atoms with Crippen LogP contribution in [-0.4, -0.2) is 40.0 Å². The summed E-state index contributed by atoms with van der Waals surface area (Å²) < 4.78 is 6.69. The van der Waals surface area contributed by atoms with Crippen LogP contribution in [-0.2, 0) is 22.5 Å². The minimum absolute atomic E-state index is 0.227. The fourth-order valence-corrected chi connectivity index (χ4v) is 4.81. The molecule has 1 aromatic carbocycles. The Balaban J connectivity index is 1.82. The number of ether oxygens (including phenoxy) is 1. The Kier molecular flexibility index (Phi) is 7.58. The Morgan fingerprint density at radius 3 is 2.70 bits per heavy atom. The lowest BCUT2D eigenvalue weighted by atomic mass is 10.2. The van der Waals surface area contributed by atoms with Crippen LogP contribution in [0.4, 0.5) is 0 Å². The molecule has 2 N–H and O–H groups in total. The molecule has 0 atom stereocenters. The number of carbonyl (C=O) groups is 2. The molecule has 0 saturated heterocycles. The average molecular weight is 464 g/mol. The molecule has 0 bridgehead atoms. The van der Waals surface area contributed by atoms with Gasteiger partial charge in [-0.1, -0.05) is 23.7 Å². The average Bonchev–Trinajstić information content (AvgIpc) is 3.32. The molecule has 3 aromatic rings. The molecule has 0 fully saturated rings. The Morgan fingerprint density at radius 1 is 1.30 bits per heavy atom. The largest absolute Gasteiger partial charge is 0.468 e. The van der Waals surface area contributed by atoms with Crippen LogP contribution in [0.15, 0.2) is 35.7 Å². The zero-order chi connectivity index (χ0) is 21.7. The highest BCUT2D eigenvalue weighted by Gasteiger charge is 2.19. The molecule has 0 unspecified atom stereocenters. The fourth-order valence-electron chi connectivity index (χ4n) is 3.00. The van der Waals surface area contributed by atoms with Gasteiger partial charge in [-0.25, -0.2) is 4.98 Å². The number of aromatic nitrogens is 2. The highest BCUT2D eigenvalue weighted by Crippen LogP contribution is 2.29. The van der Waals surface area contributed by atoms with E-state index in [1.54, 1.807) is 17.4 Å². The number of primary amides is 1. The molecule has 9 heteroatoms. The third kappa shape index (κ3) is 5.44. The summed E-state index contributed by atoms with van der Waals surface area (Å²) in [7, 11) is 1.39. The zero-order valence-corrected chi connectivity index (χ0v) is 19.1. The minimum Gasteiger partial charge on any atom is -0.468 e. The van der Waals surface area contributed by atoms with Gasteiger partial charge in [0.15, 0.2) is 0 Å². The third-order valence-corrected chi connectivity index (χ3v) is 6.70. The number of nitrogens with two attached hydrogens (primary N) is 1. The van der Waals surface area contributed by atoms with Crippen LogP contribution in [0.1, 0.15) is 26.6 Å². The van der Waals surface area contributed by atoms with Gasteiger partial charge in [-0.3, -0.25) is 9.59 Å². The summed E-state index contributed by atoms with van der Waals surface area (Å²) in [4.78, 5) is 27.9. The molecule has 0 spiro atoms. The van der Waals surface area contributed by atoms with Crippen LogP contribution in [0.2, 0.25) is 5.02 Å². The van der Waals surface area contributed by atoms with Crippen molar-refractivity contribution >= 4 is 46.6 Å². The quantitative estimate of drug-likeness (QED) is 0.380. The van der Waals surface area contributed by atoms with Gasteiger partial charge in [-0.2, -0.15) is 0 Å². The van der Waals surface area contributed by atoms with Crippen molar-refractivity contribution in [2.75, 3.05) is 18.6 Å². The van der Waals surface area contributed by atoms with Gasteiger partial charge in [0, 0.05) is 34.8 Å². The monoisotopic (exact) mass is 463 g/mol. The van der Waals surface area contributed by atoms with Crippen LogP contribution in [0.3, 0.4) is 0 Å². The van der Waals surface area contributed by atoms with Crippen LogP contribution in [0.25, 0.3) is 11.4 Å². The summed E-state index contributed by atoms with van der Waals surface area (Å²) >= 11 is 9.07. The van der Waals surface area contributed by atoms with Crippen molar-refractivity contribution < 1.29 is 14.3 Å². The van der Waals surface area contributed by atoms with Gasteiger partial charge in [-0.05, 0) is 30.7 Å². The molecule has 2 heterocycles. The van der Waals surface area contributed by atoms with E-state index in [1.807, 2.05) is 41.1 Å².